The summed E-state index contributed by atoms with van der Waals surface area (Å²) in [6, 6.07) is 15.3. The predicted octanol–water partition coefficient (Wildman–Crippen LogP) is 4.40. The maximum atomic E-state index is 12.2. The highest BCUT2D eigenvalue weighted by Gasteiger charge is 2.11. The van der Waals surface area contributed by atoms with Crippen molar-refractivity contribution in [3.8, 4) is 5.75 Å². The van der Waals surface area contributed by atoms with Crippen molar-refractivity contribution in [3.63, 3.8) is 0 Å². The van der Waals surface area contributed by atoms with Gasteiger partial charge in [0.15, 0.2) is 4.34 Å². The molecule has 0 saturated carbocycles. The lowest BCUT2D eigenvalue weighted by atomic mass is 10.2. The first kappa shape index (κ1) is 17.4. The van der Waals surface area contributed by atoms with Gasteiger partial charge in [-0.3, -0.25) is 10.1 Å². The highest BCUT2D eigenvalue weighted by Crippen LogP contribution is 2.28. The molecule has 0 radical (unpaired) electrons. The minimum atomic E-state index is -0.214. The molecular formula is C18H17N3O2S2. The summed E-state index contributed by atoms with van der Waals surface area (Å²) in [5, 5.41) is 11.4. The summed E-state index contributed by atoms with van der Waals surface area (Å²) in [6.07, 6.45) is 0. The summed E-state index contributed by atoms with van der Waals surface area (Å²) in [5.41, 5.74) is 3.02. The molecule has 1 amide bonds. The fourth-order valence-corrected chi connectivity index (χ4v) is 3.76. The quantitative estimate of drug-likeness (QED) is 0.514. The Morgan fingerprint density at radius 1 is 1.12 bits per heavy atom. The maximum Gasteiger partial charge on any atom is 0.257 e. The Labute approximate surface area is 154 Å². The molecule has 25 heavy (non-hydrogen) atoms. The van der Waals surface area contributed by atoms with Crippen LogP contribution in [0.25, 0.3) is 0 Å². The Bertz CT molecular complexity index is 846. The van der Waals surface area contributed by atoms with E-state index in [1.54, 1.807) is 43.1 Å². The minimum Gasteiger partial charge on any atom is -0.497 e. The first-order chi connectivity index (χ1) is 12.1. The summed E-state index contributed by atoms with van der Waals surface area (Å²) < 4.78 is 5.91. The van der Waals surface area contributed by atoms with E-state index < -0.39 is 0 Å². The van der Waals surface area contributed by atoms with Crippen LogP contribution in [0.5, 0.6) is 5.75 Å². The number of hydrogen-bond donors (Lipinski definition) is 1. The van der Waals surface area contributed by atoms with Crippen LogP contribution >= 0.6 is 23.1 Å². The molecule has 128 valence electrons. The molecule has 0 bridgehead atoms. The van der Waals surface area contributed by atoms with Crippen molar-refractivity contribution in [1.82, 2.24) is 10.2 Å². The van der Waals surface area contributed by atoms with Gasteiger partial charge in [-0.25, -0.2) is 0 Å². The molecule has 0 saturated heterocycles. The van der Waals surface area contributed by atoms with E-state index in [9.17, 15) is 4.79 Å². The van der Waals surface area contributed by atoms with Gasteiger partial charge in [0.1, 0.15) is 5.75 Å². The molecule has 0 fully saturated rings. The molecule has 0 unspecified atom stereocenters. The zero-order chi connectivity index (χ0) is 17.6. The summed E-state index contributed by atoms with van der Waals surface area (Å²) >= 11 is 2.98. The lowest BCUT2D eigenvalue weighted by Crippen LogP contribution is -2.11. The van der Waals surface area contributed by atoms with Gasteiger partial charge in [-0.15, -0.1) is 10.2 Å². The van der Waals surface area contributed by atoms with Gasteiger partial charge in [0, 0.05) is 11.3 Å². The number of nitrogens with one attached hydrogen (secondary N) is 1. The summed E-state index contributed by atoms with van der Waals surface area (Å²) in [6.45, 7) is 2.07. The standard InChI is InChI=1S/C18H17N3O2S2/c1-12-3-5-13(6-4-12)11-24-18-21-20-17(25-18)19-16(22)14-7-9-15(23-2)10-8-14/h3-10H,11H2,1-2H3,(H,19,20,22). The summed E-state index contributed by atoms with van der Waals surface area (Å²) in [7, 11) is 1.59. The molecular weight excluding hydrogens is 354 g/mol. The van der Waals surface area contributed by atoms with E-state index >= 15 is 0 Å². The Morgan fingerprint density at radius 3 is 2.52 bits per heavy atom. The largest absolute Gasteiger partial charge is 0.497 e. The maximum absolute atomic E-state index is 12.2. The van der Waals surface area contributed by atoms with Gasteiger partial charge in [0.2, 0.25) is 5.13 Å². The van der Waals surface area contributed by atoms with Crippen LogP contribution < -0.4 is 10.1 Å². The van der Waals surface area contributed by atoms with Gasteiger partial charge < -0.3 is 4.74 Å². The predicted molar refractivity (Wildman–Crippen MR) is 102 cm³/mol. The van der Waals surface area contributed by atoms with Gasteiger partial charge in [-0.05, 0) is 36.8 Å². The summed E-state index contributed by atoms with van der Waals surface area (Å²) in [5.74, 6) is 1.32. The van der Waals surface area contributed by atoms with E-state index in [2.05, 4.69) is 46.7 Å². The van der Waals surface area contributed by atoms with E-state index in [1.807, 2.05) is 0 Å². The smallest absolute Gasteiger partial charge is 0.257 e. The van der Waals surface area contributed by atoms with Crippen molar-refractivity contribution < 1.29 is 9.53 Å². The van der Waals surface area contributed by atoms with Crippen LogP contribution in [-0.2, 0) is 5.75 Å². The fraction of sp³-hybridized carbons (Fsp3) is 0.167. The first-order valence-corrected chi connectivity index (χ1v) is 9.41. The monoisotopic (exact) mass is 371 g/mol. The van der Waals surface area contributed by atoms with Crippen LogP contribution in [0, 0.1) is 6.92 Å². The van der Waals surface area contributed by atoms with Crippen molar-refractivity contribution in [3.05, 3.63) is 65.2 Å². The average Bonchev–Trinajstić information content (AvgIpc) is 3.08. The lowest BCUT2D eigenvalue weighted by Gasteiger charge is -2.02. The van der Waals surface area contributed by atoms with Crippen molar-refractivity contribution >= 4 is 34.1 Å². The molecule has 1 heterocycles. The number of carbonyl (C=O) groups is 1. The van der Waals surface area contributed by atoms with Crippen LogP contribution in [0.15, 0.2) is 52.9 Å². The SMILES string of the molecule is COc1ccc(C(=O)Nc2nnc(SCc3ccc(C)cc3)s2)cc1. The number of aryl methyl sites for hydroxylation is 1. The highest BCUT2D eigenvalue weighted by molar-refractivity contribution is 8.00. The van der Waals surface area contributed by atoms with E-state index in [0.29, 0.717) is 16.4 Å². The van der Waals surface area contributed by atoms with Crippen LogP contribution in [0.1, 0.15) is 21.5 Å². The second kappa shape index (κ2) is 8.13. The van der Waals surface area contributed by atoms with Gasteiger partial charge >= 0.3 is 0 Å². The number of amides is 1. The van der Waals surface area contributed by atoms with E-state index in [1.165, 1.54) is 22.5 Å². The molecule has 5 nitrogen and oxygen atoms in total. The van der Waals surface area contributed by atoms with Gasteiger partial charge in [-0.1, -0.05) is 52.9 Å². The third-order valence-corrected chi connectivity index (χ3v) is 5.51. The third-order valence-electron chi connectivity index (χ3n) is 3.46. The van der Waals surface area contributed by atoms with Crippen LogP contribution in [0.4, 0.5) is 5.13 Å². The van der Waals surface area contributed by atoms with E-state index in [-0.39, 0.29) is 5.91 Å². The Hall–Kier alpha value is -2.38. The molecule has 0 atom stereocenters. The number of benzene rings is 2. The van der Waals surface area contributed by atoms with Crippen LogP contribution in [-0.4, -0.2) is 23.2 Å². The van der Waals surface area contributed by atoms with Gasteiger partial charge in [0.25, 0.3) is 5.91 Å². The molecule has 3 aromatic rings. The molecule has 0 aliphatic rings. The molecule has 0 aliphatic heterocycles. The van der Waals surface area contributed by atoms with Crippen molar-refractivity contribution in [2.24, 2.45) is 0 Å². The molecule has 7 heteroatoms. The second-order valence-corrected chi connectivity index (χ2v) is 7.53. The Balaban J connectivity index is 1.57. The number of nitrogens with zero attached hydrogens (tertiary/aromatic N) is 2. The number of carbonyl (C=O) groups excluding carboxylic acids is 1. The average molecular weight is 371 g/mol. The summed E-state index contributed by atoms with van der Waals surface area (Å²) in [4.78, 5) is 12.2. The fourth-order valence-electron chi connectivity index (χ4n) is 2.06. The number of aromatic nitrogens is 2. The van der Waals surface area contributed by atoms with Crippen molar-refractivity contribution in [1.29, 1.82) is 0 Å². The molecule has 3 rings (SSSR count). The number of anilines is 1. The zero-order valence-corrected chi connectivity index (χ0v) is 15.5. The minimum absolute atomic E-state index is 0.214. The number of thioether (sulfide) groups is 1. The Morgan fingerprint density at radius 2 is 1.84 bits per heavy atom. The third kappa shape index (κ3) is 4.80. The number of rotatable bonds is 6. The van der Waals surface area contributed by atoms with Crippen LogP contribution in [0.2, 0.25) is 0 Å². The zero-order valence-electron chi connectivity index (χ0n) is 13.9. The van der Waals surface area contributed by atoms with Crippen LogP contribution in [0.3, 0.4) is 0 Å². The van der Waals surface area contributed by atoms with Gasteiger partial charge in [-0.2, -0.15) is 0 Å². The highest BCUT2D eigenvalue weighted by atomic mass is 32.2. The second-order valence-electron chi connectivity index (χ2n) is 5.33. The topological polar surface area (TPSA) is 64.1 Å². The molecule has 0 spiro atoms. The molecule has 1 aromatic heterocycles. The van der Waals surface area contributed by atoms with Crippen molar-refractivity contribution in [2.75, 3.05) is 12.4 Å². The molecule has 1 N–H and O–H groups in total. The Kier molecular flexibility index (Phi) is 5.67. The van der Waals surface area contributed by atoms with Crippen molar-refractivity contribution in [2.45, 2.75) is 17.0 Å². The first-order valence-electron chi connectivity index (χ1n) is 7.61. The van der Waals surface area contributed by atoms with E-state index in [4.69, 9.17) is 4.74 Å². The van der Waals surface area contributed by atoms with E-state index in [0.717, 1.165) is 10.1 Å². The normalized spacial score (nSPS) is 10.5. The molecule has 0 aliphatic carbocycles. The molecule has 2 aromatic carbocycles. The number of methoxy groups -OCH3 is 1. The number of hydrogen-bond acceptors (Lipinski definition) is 6. The van der Waals surface area contributed by atoms with Gasteiger partial charge in [0.05, 0.1) is 7.11 Å². The lowest BCUT2D eigenvalue weighted by molar-refractivity contribution is 0.102. The number of ether oxygens (including phenoxy) is 1.